The second-order valence-electron chi connectivity index (χ2n) is 5.73. The summed E-state index contributed by atoms with van der Waals surface area (Å²) in [6.07, 6.45) is -4.01. The fourth-order valence-corrected chi connectivity index (χ4v) is 2.64. The fraction of sp³-hybridized carbons (Fsp3) is 0.562. The number of carbonyl (C=O) groups excluding carboxylic acids is 1. The van der Waals surface area contributed by atoms with Crippen LogP contribution in [0.3, 0.4) is 0 Å². The number of hydrogen-bond donors (Lipinski definition) is 2. The van der Waals surface area contributed by atoms with Gasteiger partial charge in [-0.15, -0.1) is 0 Å². The molecule has 0 saturated carbocycles. The van der Waals surface area contributed by atoms with E-state index in [2.05, 4.69) is 10.2 Å². The molecule has 134 valence electrons. The number of amides is 2. The topological polar surface area (TPSA) is 55.8 Å². The van der Waals surface area contributed by atoms with Gasteiger partial charge >= 0.3 is 12.2 Å². The third kappa shape index (κ3) is 5.38. The van der Waals surface area contributed by atoms with Gasteiger partial charge in [0, 0.05) is 39.3 Å². The van der Waals surface area contributed by atoms with Crippen LogP contribution in [0.2, 0.25) is 0 Å². The van der Waals surface area contributed by atoms with Crippen molar-refractivity contribution >= 4 is 6.03 Å². The van der Waals surface area contributed by atoms with Crippen LogP contribution in [0.4, 0.5) is 18.0 Å². The highest BCUT2D eigenvalue weighted by Crippen LogP contribution is 2.29. The highest BCUT2D eigenvalue weighted by atomic mass is 19.4. The van der Waals surface area contributed by atoms with Crippen molar-refractivity contribution in [2.24, 2.45) is 0 Å². The number of aliphatic hydroxyl groups is 1. The first-order valence-electron chi connectivity index (χ1n) is 7.92. The standard InChI is InChI=1S/C16H22F3N3O2/c17-16(18,19)14-3-1-2-13(12-14)4-5-20-15(24)22-8-6-21(7-9-22)10-11-23/h1-3,12,23H,4-11H2,(H,20,24). The predicted octanol–water partition coefficient (Wildman–Crippen LogP) is 1.57. The van der Waals surface area contributed by atoms with Crippen molar-refractivity contribution in [1.82, 2.24) is 15.1 Å². The van der Waals surface area contributed by atoms with Gasteiger partial charge < -0.3 is 15.3 Å². The van der Waals surface area contributed by atoms with Crippen molar-refractivity contribution in [3.8, 4) is 0 Å². The van der Waals surface area contributed by atoms with Crippen molar-refractivity contribution in [2.75, 3.05) is 45.9 Å². The van der Waals surface area contributed by atoms with Gasteiger partial charge in [0.2, 0.25) is 0 Å². The number of hydrogen-bond acceptors (Lipinski definition) is 3. The Bertz CT molecular complexity index is 544. The maximum absolute atomic E-state index is 12.7. The molecular weight excluding hydrogens is 323 g/mol. The van der Waals surface area contributed by atoms with Crippen LogP contribution in [0.25, 0.3) is 0 Å². The molecule has 1 heterocycles. The Morgan fingerprint density at radius 1 is 1.21 bits per heavy atom. The lowest BCUT2D eigenvalue weighted by atomic mass is 10.1. The smallest absolute Gasteiger partial charge is 0.395 e. The van der Waals surface area contributed by atoms with Crippen molar-refractivity contribution in [2.45, 2.75) is 12.6 Å². The van der Waals surface area contributed by atoms with E-state index in [-0.39, 0.29) is 19.2 Å². The Kier molecular flexibility index (Phi) is 6.44. The zero-order chi connectivity index (χ0) is 17.6. The molecule has 1 aliphatic heterocycles. The highest BCUT2D eigenvalue weighted by molar-refractivity contribution is 5.74. The summed E-state index contributed by atoms with van der Waals surface area (Å²) >= 11 is 0. The lowest BCUT2D eigenvalue weighted by Gasteiger charge is -2.34. The number of nitrogens with one attached hydrogen (secondary N) is 1. The third-order valence-corrected chi connectivity index (χ3v) is 4.02. The van der Waals surface area contributed by atoms with Crippen molar-refractivity contribution in [3.63, 3.8) is 0 Å². The number of benzene rings is 1. The molecule has 1 aliphatic rings. The molecule has 0 unspecified atom stereocenters. The number of piperazine rings is 1. The summed E-state index contributed by atoms with van der Waals surface area (Å²) in [6, 6.07) is 4.94. The van der Waals surface area contributed by atoms with E-state index in [1.807, 2.05) is 0 Å². The minimum absolute atomic E-state index is 0.100. The van der Waals surface area contributed by atoms with Crippen LogP contribution in [0, 0.1) is 0 Å². The van der Waals surface area contributed by atoms with Crippen molar-refractivity contribution in [3.05, 3.63) is 35.4 Å². The Hall–Kier alpha value is -1.80. The molecule has 0 bridgehead atoms. The van der Waals surface area contributed by atoms with Gasteiger partial charge in [-0.05, 0) is 18.1 Å². The largest absolute Gasteiger partial charge is 0.416 e. The molecule has 1 aromatic rings. The second-order valence-corrected chi connectivity index (χ2v) is 5.73. The van der Waals surface area contributed by atoms with Gasteiger partial charge in [0.25, 0.3) is 0 Å². The average molecular weight is 345 g/mol. The van der Waals surface area contributed by atoms with E-state index in [0.29, 0.717) is 44.7 Å². The van der Waals surface area contributed by atoms with Crippen LogP contribution in [-0.4, -0.2) is 66.8 Å². The molecule has 8 heteroatoms. The van der Waals surface area contributed by atoms with Crippen LogP contribution in [0.15, 0.2) is 24.3 Å². The van der Waals surface area contributed by atoms with Gasteiger partial charge in [0.05, 0.1) is 12.2 Å². The summed E-state index contributed by atoms with van der Waals surface area (Å²) in [4.78, 5) is 15.8. The van der Waals surface area contributed by atoms with Crippen LogP contribution < -0.4 is 5.32 Å². The Labute approximate surface area is 139 Å². The summed E-state index contributed by atoms with van der Waals surface area (Å²) in [5, 5.41) is 11.6. The fourth-order valence-electron chi connectivity index (χ4n) is 2.64. The monoisotopic (exact) mass is 345 g/mol. The minimum Gasteiger partial charge on any atom is -0.395 e. The molecule has 0 atom stereocenters. The molecule has 5 nitrogen and oxygen atoms in total. The zero-order valence-electron chi connectivity index (χ0n) is 13.4. The molecule has 2 rings (SSSR count). The van der Waals surface area contributed by atoms with E-state index < -0.39 is 11.7 Å². The zero-order valence-corrected chi connectivity index (χ0v) is 13.4. The molecule has 0 aliphatic carbocycles. The lowest BCUT2D eigenvalue weighted by molar-refractivity contribution is -0.137. The first-order valence-corrected chi connectivity index (χ1v) is 7.92. The van der Waals surface area contributed by atoms with Gasteiger partial charge in [-0.3, -0.25) is 4.90 Å². The summed E-state index contributed by atoms with van der Waals surface area (Å²) in [5.41, 5.74) is -0.135. The molecule has 1 saturated heterocycles. The maximum Gasteiger partial charge on any atom is 0.416 e. The maximum atomic E-state index is 12.7. The molecule has 2 N–H and O–H groups in total. The van der Waals surface area contributed by atoms with Crippen LogP contribution >= 0.6 is 0 Å². The molecule has 24 heavy (non-hydrogen) atoms. The molecule has 0 aromatic heterocycles. The van der Waals surface area contributed by atoms with E-state index in [1.54, 1.807) is 11.0 Å². The Morgan fingerprint density at radius 2 is 1.92 bits per heavy atom. The average Bonchev–Trinajstić information content (AvgIpc) is 2.55. The minimum atomic E-state index is -4.35. The van der Waals surface area contributed by atoms with Gasteiger partial charge in [-0.2, -0.15) is 13.2 Å². The number of carbonyl (C=O) groups is 1. The second kappa shape index (κ2) is 8.34. The molecule has 1 aromatic carbocycles. The number of rotatable bonds is 5. The number of alkyl halides is 3. The third-order valence-electron chi connectivity index (χ3n) is 4.02. The Balaban J connectivity index is 1.75. The van der Waals surface area contributed by atoms with E-state index in [9.17, 15) is 18.0 Å². The van der Waals surface area contributed by atoms with Crippen LogP contribution in [0.1, 0.15) is 11.1 Å². The summed E-state index contributed by atoms with van der Waals surface area (Å²) < 4.78 is 38.0. The Morgan fingerprint density at radius 3 is 2.54 bits per heavy atom. The van der Waals surface area contributed by atoms with Gasteiger partial charge in [0.1, 0.15) is 0 Å². The summed E-state index contributed by atoms with van der Waals surface area (Å²) in [6.45, 7) is 3.57. The van der Waals surface area contributed by atoms with Gasteiger partial charge in [-0.1, -0.05) is 18.2 Å². The molecule has 1 fully saturated rings. The first-order chi connectivity index (χ1) is 11.4. The van der Waals surface area contributed by atoms with Crippen LogP contribution in [-0.2, 0) is 12.6 Å². The highest BCUT2D eigenvalue weighted by Gasteiger charge is 2.30. The normalized spacial score (nSPS) is 16.2. The SMILES string of the molecule is O=C(NCCc1cccc(C(F)(F)F)c1)N1CCN(CCO)CC1. The molecule has 0 spiro atoms. The first kappa shape index (κ1) is 18.5. The van der Waals surface area contributed by atoms with Gasteiger partial charge in [0.15, 0.2) is 0 Å². The lowest BCUT2D eigenvalue weighted by Crippen LogP contribution is -2.52. The molecular formula is C16H22F3N3O2. The quantitative estimate of drug-likeness (QED) is 0.852. The predicted molar refractivity (Wildman–Crippen MR) is 83.6 cm³/mol. The number of halogens is 3. The van der Waals surface area contributed by atoms with E-state index >= 15 is 0 Å². The number of β-amino-alcohol motifs (C(OH)–C–C–N with tert-alkyl or cyclic N) is 1. The number of aliphatic hydroxyl groups excluding tert-OH is 1. The van der Waals surface area contributed by atoms with E-state index in [4.69, 9.17) is 5.11 Å². The number of nitrogens with zero attached hydrogens (tertiary/aromatic N) is 2. The summed E-state index contributed by atoms with van der Waals surface area (Å²) in [7, 11) is 0. The van der Waals surface area contributed by atoms with Crippen molar-refractivity contribution in [1.29, 1.82) is 0 Å². The van der Waals surface area contributed by atoms with Gasteiger partial charge in [-0.25, -0.2) is 4.79 Å². The van der Waals surface area contributed by atoms with E-state index in [1.165, 1.54) is 6.07 Å². The summed E-state index contributed by atoms with van der Waals surface area (Å²) in [5.74, 6) is 0. The van der Waals surface area contributed by atoms with E-state index in [0.717, 1.165) is 12.1 Å². The molecule has 2 amide bonds. The van der Waals surface area contributed by atoms with Crippen molar-refractivity contribution < 1.29 is 23.1 Å². The van der Waals surface area contributed by atoms with Crippen LogP contribution in [0.5, 0.6) is 0 Å². The molecule has 0 radical (unpaired) electrons. The number of urea groups is 1.